The van der Waals surface area contributed by atoms with Gasteiger partial charge in [-0.2, -0.15) is 0 Å². The van der Waals surface area contributed by atoms with Crippen molar-refractivity contribution >= 4 is 63.0 Å². The average Bonchev–Trinajstić information content (AvgIpc) is 3.41. The van der Waals surface area contributed by atoms with Gasteiger partial charge in [0.15, 0.2) is 0 Å². The predicted octanol–water partition coefficient (Wildman–Crippen LogP) is 8.32. The minimum Gasteiger partial charge on any atom is -0.399 e. The smallest absolute Gasteiger partial charge is 0.221 e. The Bertz CT molecular complexity index is 2160. The van der Waals surface area contributed by atoms with E-state index in [-0.39, 0.29) is 24.1 Å². The molecular formula is C39H40ClN5O2. The number of amides is 1. The number of rotatable bonds is 3. The molecule has 240 valence electrons. The molecule has 0 spiro atoms. The van der Waals surface area contributed by atoms with Crippen molar-refractivity contribution in [3.63, 3.8) is 0 Å². The Kier molecular flexibility index (Phi) is 8.84. The topological polar surface area (TPSA) is 130 Å². The molecule has 2 aliphatic rings. The van der Waals surface area contributed by atoms with E-state index in [0.29, 0.717) is 6.42 Å². The molecule has 0 bridgehead atoms. The maximum absolute atomic E-state index is 11.5. The van der Waals surface area contributed by atoms with Gasteiger partial charge in [-0.15, -0.1) is 12.4 Å². The van der Waals surface area contributed by atoms with Crippen molar-refractivity contribution < 1.29 is 9.59 Å². The Hall–Kier alpha value is -5.01. The van der Waals surface area contributed by atoms with E-state index in [4.69, 9.17) is 11.5 Å². The number of H-pyrrole nitrogens is 2. The summed E-state index contributed by atoms with van der Waals surface area (Å²) >= 11 is 0. The van der Waals surface area contributed by atoms with Crippen LogP contribution in [0.2, 0.25) is 0 Å². The van der Waals surface area contributed by atoms with Crippen LogP contribution in [-0.2, 0) is 41.7 Å². The van der Waals surface area contributed by atoms with E-state index < -0.39 is 0 Å². The van der Waals surface area contributed by atoms with E-state index in [9.17, 15) is 9.59 Å². The molecule has 0 saturated heterocycles. The number of aromatic nitrogens is 2. The summed E-state index contributed by atoms with van der Waals surface area (Å²) in [5, 5.41) is 5.34. The molecule has 0 radical (unpaired) electrons. The summed E-state index contributed by atoms with van der Waals surface area (Å²) in [7, 11) is 0. The van der Waals surface area contributed by atoms with Crippen LogP contribution in [0.25, 0.3) is 44.3 Å². The van der Waals surface area contributed by atoms with Crippen molar-refractivity contribution in [1.82, 2.24) is 9.97 Å². The fraction of sp³-hybridized carbons (Fsp3) is 0.231. The predicted molar refractivity (Wildman–Crippen MR) is 196 cm³/mol. The van der Waals surface area contributed by atoms with E-state index in [1.54, 1.807) is 6.92 Å². The van der Waals surface area contributed by atoms with Crippen LogP contribution in [0.1, 0.15) is 54.5 Å². The molecule has 47 heavy (non-hydrogen) atoms. The van der Waals surface area contributed by atoms with Crippen LogP contribution in [0.5, 0.6) is 0 Å². The standard InChI is InChI=1S/C22H22N2O2.C17H17N3.ClH/c1-13(25)10-15-6-9-21-20(11-15)19-5-3-4-16-12-17(23-14(2)26)7-8-18(16)22(19)24-21;18-11-4-6-13-10(8-11)2-1-3-14-15-9-12(19)5-7-16(15)20-17(13)14;/h6-9,11-12,24H,3-5,10H2,1-2H3,(H,23,26);4-9,20H,1-3,18-19H2;1H. The Labute approximate surface area is 280 Å². The number of hydrogen-bond donors (Lipinski definition) is 5. The van der Waals surface area contributed by atoms with Crippen molar-refractivity contribution in [3.05, 3.63) is 101 Å². The minimum absolute atomic E-state index is 0. The normalized spacial score (nSPS) is 13.1. The number of nitrogens with two attached hydrogens (primary N) is 2. The highest BCUT2D eigenvalue weighted by Gasteiger charge is 2.21. The number of carbonyl (C=O) groups excluding carboxylic acids is 2. The summed E-state index contributed by atoms with van der Waals surface area (Å²) in [6.07, 6.45) is 6.83. The second-order valence-corrected chi connectivity index (χ2v) is 12.7. The van der Waals surface area contributed by atoms with Crippen LogP contribution < -0.4 is 16.8 Å². The van der Waals surface area contributed by atoms with Crippen LogP contribution in [0, 0.1) is 0 Å². The lowest BCUT2D eigenvalue weighted by Gasteiger charge is -2.09. The van der Waals surface area contributed by atoms with E-state index in [1.807, 2.05) is 24.3 Å². The molecule has 7 N–H and O–H groups in total. The maximum Gasteiger partial charge on any atom is 0.221 e. The van der Waals surface area contributed by atoms with E-state index in [2.05, 4.69) is 63.8 Å². The van der Waals surface area contributed by atoms with Crippen LogP contribution in [0.15, 0.2) is 72.8 Å². The zero-order valence-electron chi connectivity index (χ0n) is 26.8. The molecule has 1 amide bonds. The van der Waals surface area contributed by atoms with Gasteiger partial charge in [-0.05, 0) is 128 Å². The molecule has 0 unspecified atom stereocenters. The number of hydrogen-bond acceptors (Lipinski definition) is 4. The first kappa shape index (κ1) is 32.0. The summed E-state index contributed by atoms with van der Waals surface area (Å²) < 4.78 is 0. The zero-order chi connectivity index (χ0) is 31.9. The molecule has 8 heteroatoms. The largest absolute Gasteiger partial charge is 0.399 e. The highest BCUT2D eigenvalue weighted by atomic mass is 35.5. The highest BCUT2D eigenvalue weighted by molar-refractivity contribution is 5.95. The SMILES string of the molecule is CC(=O)Cc1ccc2[nH]c3c(c2c1)CCCc1cc(NC(C)=O)ccc1-3.Cl.Nc1ccc2c(c1)CCCc1c-2[nH]c2ccc(N)cc12. The molecule has 0 saturated carbocycles. The summed E-state index contributed by atoms with van der Waals surface area (Å²) in [5.41, 5.74) is 27.9. The van der Waals surface area contributed by atoms with Crippen LogP contribution >= 0.6 is 12.4 Å². The second-order valence-electron chi connectivity index (χ2n) is 12.7. The van der Waals surface area contributed by atoms with Gasteiger partial charge in [0.1, 0.15) is 5.78 Å². The molecule has 2 heterocycles. The molecule has 7 nitrogen and oxygen atoms in total. The first-order valence-corrected chi connectivity index (χ1v) is 16.1. The van der Waals surface area contributed by atoms with Crippen LogP contribution in [0.4, 0.5) is 17.1 Å². The van der Waals surface area contributed by atoms with E-state index in [0.717, 1.165) is 72.2 Å². The van der Waals surface area contributed by atoms with Crippen molar-refractivity contribution in [2.75, 3.05) is 16.8 Å². The number of Topliss-reactive ketones (excluding diaryl/α,β-unsaturated/α-hetero) is 1. The van der Waals surface area contributed by atoms with Crippen molar-refractivity contribution in [3.8, 4) is 22.5 Å². The molecule has 8 rings (SSSR count). The molecule has 0 atom stereocenters. The van der Waals surface area contributed by atoms with Crippen LogP contribution in [0.3, 0.4) is 0 Å². The number of benzene rings is 4. The zero-order valence-corrected chi connectivity index (χ0v) is 27.6. The van der Waals surface area contributed by atoms with Gasteiger partial charge in [-0.1, -0.05) is 18.2 Å². The van der Waals surface area contributed by atoms with Crippen molar-refractivity contribution in [2.24, 2.45) is 0 Å². The number of carbonyl (C=O) groups is 2. The number of aromatic amines is 2. The van der Waals surface area contributed by atoms with Crippen molar-refractivity contribution in [2.45, 2.75) is 58.8 Å². The number of nitrogen functional groups attached to an aromatic ring is 2. The van der Waals surface area contributed by atoms with Gasteiger partial charge in [-0.25, -0.2) is 0 Å². The number of anilines is 3. The monoisotopic (exact) mass is 645 g/mol. The number of ketones is 1. The first-order chi connectivity index (χ1) is 22.2. The third-order valence-corrected chi connectivity index (χ3v) is 9.19. The summed E-state index contributed by atoms with van der Waals surface area (Å²) in [6, 6.07) is 24.7. The third-order valence-electron chi connectivity index (χ3n) is 9.19. The lowest BCUT2D eigenvalue weighted by atomic mass is 10.00. The molecule has 4 aromatic carbocycles. The lowest BCUT2D eigenvalue weighted by Crippen LogP contribution is -2.06. The number of aryl methyl sites for hydroxylation is 4. The molecular weight excluding hydrogens is 606 g/mol. The Morgan fingerprint density at radius 1 is 0.681 bits per heavy atom. The summed E-state index contributed by atoms with van der Waals surface area (Å²) in [5.74, 6) is 0.129. The van der Waals surface area contributed by atoms with Gasteiger partial charge < -0.3 is 26.8 Å². The van der Waals surface area contributed by atoms with Gasteiger partial charge >= 0.3 is 0 Å². The molecule has 2 aliphatic carbocycles. The highest BCUT2D eigenvalue weighted by Crippen LogP contribution is 2.39. The molecule has 6 aromatic rings. The Balaban J connectivity index is 0.000000166. The minimum atomic E-state index is -0.0529. The second kappa shape index (κ2) is 13.0. The van der Waals surface area contributed by atoms with Gasteiger partial charge in [0.25, 0.3) is 0 Å². The summed E-state index contributed by atoms with van der Waals surface area (Å²) in [6.45, 7) is 3.16. The van der Waals surface area contributed by atoms with E-state index in [1.165, 1.54) is 62.5 Å². The lowest BCUT2D eigenvalue weighted by molar-refractivity contribution is -0.116. The van der Waals surface area contributed by atoms with Gasteiger partial charge in [0.2, 0.25) is 5.91 Å². The Morgan fingerprint density at radius 3 is 1.87 bits per heavy atom. The molecule has 0 fully saturated rings. The molecule has 2 aromatic heterocycles. The average molecular weight is 646 g/mol. The Morgan fingerprint density at radius 2 is 1.23 bits per heavy atom. The number of nitrogens with one attached hydrogen (secondary N) is 3. The van der Waals surface area contributed by atoms with Crippen molar-refractivity contribution in [1.29, 1.82) is 0 Å². The quantitative estimate of drug-likeness (QED) is 0.124. The maximum atomic E-state index is 11.5. The first-order valence-electron chi connectivity index (χ1n) is 16.1. The molecule has 0 aliphatic heterocycles. The number of fused-ring (bicyclic) bond motifs is 10. The van der Waals surface area contributed by atoms with E-state index >= 15 is 0 Å². The fourth-order valence-electron chi connectivity index (χ4n) is 7.24. The summed E-state index contributed by atoms with van der Waals surface area (Å²) in [4.78, 5) is 29.9. The van der Waals surface area contributed by atoms with Crippen LogP contribution in [-0.4, -0.2) is 21.7 Å². The number of halogens is 1. The van der Waals surface area contributed by atoms with Gasteiger partial charge in [0, 0.05) is 74.7 Å². The fourth-order valence-corrected chi connectivity index (χ4v) is 7.24. The van der Waals surface area contributed by atoms with Gasteiger partial charge in [0.05, 0.1) is 0 Å². The van der Waals surface area contributed by atoms with Gasteiger partial charge in [-0.3, -0.25) is 9.59 Å². The third kappa shape index (κ3) is 6.36.